The van der Waals surface area contributed by atoms with Crippen LogP contribution in [-0.2, 0) is 4.79 Å². The minimum atomic E-state index is 0.0748. The number of aliphatic hydroxyl groups is 1. The fraction of sp³-hybridized carbons (Fsp3) is 0.588. The van der Waals surface area contributed by atoms with E-state index in [4.69, 9.17) is 5.11 Å². The second-order valence-corrected chi connectivity index (χ2v) is 6.01. The van der Waals surface area contributed by atoms with E-state index in [-0.39, 0.29) is 18.4 Å². The lowest BCUT2D eigenvalue weighted by atomic mass is 10.2. The second-order valence-electron chi connectivity index (χ2n) is 6.01. The first-order valence-electron chi connectivity index (χ1n) is 8.09. The van der Waals surface area contributed by atoms with E-state index in [1.54, 1.807) is 0 Å². The zero-order valence-corrected chi connectivity index (χ0v) is 13.4. The highest BCUT2D eigenvalue weighted by Gasteiger charge is 2.17. The van der Waals surface area contributed by atoms with Crippen LogP contribution in [0.4, 0.5) is 5.69 Å². The molecule has 2 rings (SSSR count). The molecule has 0 aliphatic carbocycles. The molecular formula is C17H27N3O2. The molecule has 0 radical (unpaired) electrons. The van der Waals surface area contributed by atoms with Gasteiger partial charge in [-0.15, -0.1) is 0 Å². The van der Waals surface area contributed by atoms with Crippen LogP contribution in [0, 0.1) is 5.92 Å². The smallest absolute Gasteiger partial charge is 0.221 e. The van der Waals surface area contributed by atoms with E-state index in [0.29, 0.717) is 13.0 Å². The zero-order chi connectivity index (χ0) is 15.8. The number of nitrogens with one attached hydrogen (secondary N) is 1. The van der Waals surface area contributed by atoms with Gasteiger partial charge in [0.25, 0.3) is 0 Å². The van der Waals surface area contributed by atoms with E-state index < -0.39 is 0 Å². The number of nitrogens with zero attached hydrogens (tertiary/aromatic N) is 2. The van der Waals surface area contributed by atoms with Crippen LogP contribution in [0.5, 0.6) is 0 Å². The van der Waals surface area contributed by atoms with Gasteiger partial charge in [-0.25, -0.2) is 0 Å². The molecule has 122 valence electrons. The van der Waals surface area contributed by atoms with Gasteiger partial charge >= 0.3 is 0 Å². The molecule has 2 N–H and O–H groups in total. The Kier molecular flexibility index (Phi) is 6.68. The number of hydrogen-bond donors (Lipinski definition) is 2. The number of benzene rings is 1. The van der Waals surface area contributed by atoms with Crippen molar-refractivity contribution in [2.75, 3.05) is 50.8 Å². The lowest BCUT2D eigenvalue weighted by molar-refractivity contribution is -0.121. The van der Waals surface area contributed by atoms with Gasteiger partial charge in [-0.05, 0) is 18.1 Å². The number of para-hydroxylation sites is 1. The highest BCUT2D eigenvalue weighted by molar-refractivity contribution is 5.76. The van der Waals surface area contributed by atoms with E-state index in [1.807, 2.05) is 13.0 Å². The number of rotatable bonds is 7. The molecule has 0 spiro atoms. The maximum atomic E-state index is 11.8. The summed E-state index contributed by atoms with van der Waals surface area (Å²) in [6, 6.07) is 10.5. The molecule has 0 aromatic heterocycles. The van der Waals surface area contributed by atoms with Crippen LogP contribution >= 0.6 is 0 Å². The van der Waals surface area contributed by atoms with Crippen LogP contribution < -0.4 is 10.2 Å². The molecule has 1 aromatic carbocycles. The number of piperazine rings is 1. The lowest BCUT2D eigenvalue weighted by Gasteiger charge is -2.36. The predicted octanol–water partition coefficient (Wildman–Crippen LogP) is 0.943. The fourth-order valence-electron chi connectivity index (χ4n) is 2.57. The number of hydrogen-bond acceptors (Lipinski definition) is 4. The van der Waals surface area contributed by atoms with Gasteiger partial charge in [-0.3, -0.25) is 9.69 Å². The van der Waals surface area contributed by atoms with Crippen molar-refractivity contribution in [3.63, 3.8) is 0 Å². The molecule has 1 aliphatic rings. The molecule has 1 fully saturated rings. The van der Waals surface area contributed by atoms with Gasteiger partial charge in [-0.1, -0.05) is 25.1 Å². The summed E-state index contributed by atoms with van der Waals surface area (Å²) in [5.41, 5.74) is 1.28. The van der Waals surface area contributed by atoms with Crippen molar-refractivity contribution in [3.05, 3.63) is 30.3 Å². The molecule has 5 nitrogen and oxygen atoms in total. The Morgan fingerprint density at radius 1 is 1.23 bits per heavy atom. The second kappa shape index (κ2) is 8.76. The minimum Gasteiger partial charge on any atom is -0.396 e. The molecule has 1 saturated heterocycles. The number of carbonyl (C=O) groups excluding carboxylic acids is 1. The third-order valence-electron chi connectivity index (χ3n) is 4.11. The Bertz CT molecular complexity index is 444. The van der Waals surface area contributed by atoms with E-state index in [1.165, 1.54) is 5.69 Å². The highest BCUT2D eigenvalue weighted by atomic mass is 16.3. The van der Waals surface area contributed by atoms with Crippen molar-refractivity contribution >= 4 is 11.6 Å². The summed E-state index contributed by atoms with van der Waals surface area (Å²) >= 11 is 0. The molecule has 0 bridgehead atoms. The number of amides is 1. The van der Waals surface area contributed by atoms with Crippen molar-refractivity contribution in [1.82, 2.24) is 10.2 Å². The van der Waals surface area contributed by atoms with Crippen molar-refractivity contribution < 1.29 is 9.90 Å². The Balaban J connectivity index is 1.64. The van der Waals surface area contributed by atoms with Gasteiger partial charge in [0.05, 0.1) is 0 Å². The van der Waals surface area contributed by atoms with E-state index >= 15 is 0 Å². The van der Waals surface area contributed by atoms with Crippen molar-refractivity contribution in [2.24, 2.45) is 5.92 Å². The highest BCUT2D eigenvalue weighted by Crippen LogP contribution is 2.15. The first kappa shape index (κ1) is 16.8. The van der Waals surface area contributed by atoms with Crippen LogP contribution in [0.3, 0.4) is 0 Å². The molecular weight excluding hydrogens is 278 g/mol. The van der Waals surface area contributed by atoms with Gasteiger partial charge in [0, 0.05) is 58.0 Å². The largest absolute Gasteiger partial charge is 0.396 e. The van der Waals surface area contributed by atoms with Gasteiger partial charge in [0.15, 0.2) is 0 Å². The summed E-state index contributed by atoms with van der Waals surface area (Å²) in [4.78, 5) is 16.5. The Labute approximate surface area is 132 Å². The van der Waals surface area contributed by atoms with Crippen molar-refractivity contribution in [3.8, 4) is 0 Å². The lowest BCUT2D eigenvalue weighted by Crippen LogP contribution is -2.47. The van der Waals surface area contributed by atoms with Crippen molar-refractivity contribution in [2.45, 2.75) is 13.3 Å². The molecule has 1 aliphatic heterocycles. The normalized spacial score (nSPS) is 17.3. The molecule has 5 heteroatoms. The maximum absolute atomic E-state index is 11.8. The number of anilines is 1. The standard InChI is InChI=1S/C17H27N3O2/c1-15(14-21)13-18-17(22)7-8-19-9-11-20(12-10-19)16-5-3-2-4-6-16/h2-6,15,21H,7-14H2,1H3,(H,18,22). The summed E-state index contributed by atoms with van der Waals surface area (Å²) in [6.45, 7) is 7.40. The van der Waals surface area contributed by atoms with E-state index in [2.05, 4.69) is 39.4 Å². The minimum absolute atomic E-state index is 0.0748. The Morgan fingerprint density at radius 2 is 1.91 bits per heavy atom. The van der Waals surface area contributed by atoms with E-state index in [9.17, 15) is 4.79 Å². The molecule has 22 heavy (non-hydrogen) atoms. The molecule has 1 unspecified atom stereocenters. The first-order chi connectivity index (χ1) is 10.7. The number of carbonyl (C=O) groups is 1. The van der Waals surface area contributed by atoms with Gasteiger partial charge < -0.3 is 15.3 Å². The molecule has 1 atom stereocenters. The summed E-state index contributed by atoms with van der Waals surface area (Å²) in [6.07, 6.45) is 0.531. The van der Waals surface area contributed by atoms with Crippen LogP contribution in [-0.4, -0.2) is 61.8 Å². The SMILES string of the molecule is CC(CO)CNC(=O)CCN1CCN(c2ccccc2)CC1. The Hall–Kier alpha value is -1.59. The van der Waals surface area contributed by atoms with Crippen molar-refractivity contribution in [1.29, 1.82) is 0 Å². The molecule has 1 heterocycles. The van der Waals surface area contributed by atoms with Crippen LogP contribution in [0.25, 0.3) is 0 Å². The monoisotopic (exact) mass is 305 g/mol. The third kappa shape index (κ3) is 5.31. The average molecular weight is 305 g/mol. The Morgan fingerprint density at radius 3 is 2.55 bits per heavy atom. The average Bonchev–Trinajstić information content (AvgIpc) is 2.59. The zero-order valence-electron chi connectivity index (χ0n) is 13.4. The molecule has 0 saturated carbocycles. The summed E-state index contributed by atoms with van der Waals surface area (Å²) in [7, 11) is 0. The summed E-state index contributed by atoms with van der Waals surface area (Å²) < 4.78 is 0. The molecule has 1 amide bonds. The van der Waals surface area contributed by atoms with E-state index in [0.717, 1.165) is 32.7 Å². The quantitative estimate of drug-likeness (QED) is 0.787. The summed E-state index contributed by atoms with van der Waals surface area (Å²) in [5.74, 6) is 0.198. The number of aliphatic hydroxyl groups excluding tert-OH is 1. The first-order valence-corrected chi connectivity index (χ1v) is 8.09. The third-order valence-corrected chi connectivity index (χ3v) is 4.11. The van der Waals surface area contributed by atoms with Gasteiger partial charge in [0.2, 0.25) is 5.91 Å². The van der Waals surface area contributed by atoms with Gasteiger partial charge in [-0.2, -0.15) is 0 Å². The fourth-order valence-corrected chi connectivity index (χ4v) is 2.57. The van der Waals surface area contributed by atoms with Crippen LogP contribution in [0.15, 0.2) is 30.3 Å². The summed E-state index contributed by atoms with van der Waals surface area (Å²) in [5, 5.41) is 11.8. The van der Waals surface area contributed by atoms with Crippen LogP contribution in [0.2, 0.25) is 0 Å². The predicted molar refractivity (Wildman–Crippen MR) is 89.0 cm³/mol. The maximum Gasteiger partial charge on any atom is 0.221 e. The van der Waals surface area contributed by atoms with Crippen LogP contribution in [0.1, 0.15) is 13.3 Å². The molecule has 1 aromatic rings. The van der Waals surface area contributed by atoms with Gasteiger partial charge in [0.1, 0.15) is 0 Å². The topological polar surface area (TPSA) is 55.8 Å².